The SMILES string of the molecule is CC(C)(C)OC(=O)N1CCC(C(N)C(=O)CNC(=O)OCC2c3ccccc3-c3ccccc32)CC1. The molecule has 0 aromatic heterocycles. The van der Waals surface area contributed by atoms with Crippen LogP contribution in [-0.4, -0.2) is 60.8 Å². The summed E-state index contributed by atoms with van der Waals surface area (Å²) in [6.07, 6.45) is 0.226. The Morgan fingerprint density at radius 2 is 1.56 bits per heavy atom. The first-order chi connectivity index (χ1) is 17.1. The van der Waals surface area contributed by atoms with Crippen LogP contribution in [0, 0.1) is 5.92 Å². The largest absolute Gasteiger partial charge is 0.449 e. The van der Waals surface area contributed by atoms with Gasteiger partial charge in [0.15, 0.2) is 5.78 Å². The van der Waals surface area contributed by atoms with Crippen LogP contribution in [0.15, 0.2) is 48.5 Å². The van der Waals surface area contributed by atoms with Crippen molar-refractivity contribution in [3.63, 3.8) is 0 Å². The lowest BCUT2D eigenvalue weighted by Crippen LogP contribution is -2.49. The normalized spacial score (nSPS) is 16.6. The van der Waals surface area contributed by atoms with Crippen molar-refractivity contribution in [3.05, 3.63) is 59.7 Å². The number of carbonyl (C=O) groups is 3. The van der Waals surface area contributed by atoms with Crippen molar-refractivity contribution in [2.45, 2.75) is 51.2 Å². The number of hydrogen-bond acceptors (Lipinski definition) is 6. The van der Waals surface area contributed by atoms with E-state index in [2.05, 4.69) is 29.6 Å². The van der Waals surface area contributed by atoms with Gasteiger partial charge in [0, 0.05) is 19.0 Å². The minimum Gasteiger partial charge on any atom is -0.449 e. The molecule has 0 saturated carbocycles. The maximum absolute atomic E-state index is 12.6. The van der Waals surface area contributed by atoms with E-state index in [0.717, 1.165) is 22.3 Å². The van der Waals surface area contributed by atoms with Crippen molar-refractivity contribution in [1.82, 2.24) is 10.2 Å². The Kier molecular flexibility index (Phi) is 7.64. The molecule has 2 aromatic rings. The second-order valence-electron chi connectivity index (χ2n) is 10.5. The van der Waals surface area contributed by atoms with Gasteiger partial charge in [-0.2, -0.15) is 0 Å². The fourth-order valence-corrected chi connectivity index (χ4v) is 4.96. The van der Waals surface area contributed by atoms with E-state index in [1.165, 1.54) is 0 Å². The van der Waals surface area contributed by atoms with Crippen molar-refractivity contribution in [2.75, 3.05) is 26.2 Å². The Morgan fingerprint density at radius 1 is 1.00 bits per heavy atom. The van der Waals surface area contributed by atoms with Gasteiger partial charge in [0.2, 0.25) is 0 Å². The third-order valence-electron chi connectivity index (χ3n) is 6.82. The third-order valence-corrected chi connectivity index (χ3v) is 6.82. The Balaban J connectivity index is 1.23. The third kappa shape index (κ3) is 5.87. The van der Waals surface area contributed by atoms with Crippen molar-refractivity contribution < 1.29 is 23.9 Å². The first-order valence-corrected chi connectivity index (χ1v) is 12.5. The minimum atomic E-state index is -0.709. The molecule has 1 aliphatic heterocycles. The van der Waals surface area contributed by atoms with E-state index in [1.54, 1.807) is 4.90 Å². The van der Waals surface area contributed by atoms with Crippen LogP contribution in [0.3, 0.4) is 0 Å². The molecule has 3 N–H and O–H groups in total. The number of ketones is 1. The molecule has 0 radical (unpaired) electrons. The highest BCUT2D eigenvalue weighted by molar-refractivity contribution is 5.88. The van der Waals surface area contributed by atoms with Gasteiger partial charge in [0.05, 0.1) is 12.6 Å². The summed E-state index contributed by atoms with van der Waals surface area (Å²) in [7, 11) is 0. The maximum atomic E-state index is 12.6. The number of carbonyl (C=O) groups excluding carboxylic acids is 3. The van der Waals surface area contributed by atoms with Crippen molar-refractivity contribution in [3.8, 4) is 11.1 Å². The Hall–Kier alpha value is -3.39. The molecule has 1 heterocycles. The molecule has 2 amide bonds. The van der Waals surface area contributed by atoms with Gasteiger partial charge in [-0.05, 0) is 61.8 Å². The van der Waals surface area contributed by atoms with E-state index >= 15 is 0 Å². The van der Waals surface area contributed by atoms with Gasteiger partial charge >= 0.3 is 12.2 Å². The number of hydrogen-bond donors (Lipinski definition) is 2. The van der Waals surface area contributed by atoms with Gasteiger partial charge < -0.3 is 25.4 Å². The summed E-state index contributed by atoms with van der Waals surface area (Å²) < 4.78 is 10.9. The lowest BCUT2D eigenvalue weighted by molar-refractivity contribution is -0.120. The van der Waals surface area contributed by atoms with E-state index in [0.29, 0.717) is 25.9 Å². The molecule has 1 fully saturated rings. The van der Waals surface area contributed by atoms with E-state index in [9.17, 15) is 14.4 Å². The number of piperidine rings is 1. The molecule has 4 rings (SSSR count). The molecule has 1 unspecified atom stereocenters. The van der Waals surface area contributed by atoms with Crippen molar-refractivity contribution >= 4 is 18.0 Å². The number of likely N-dealkylation sites (tertiary alicyclic amines) is 1. The predicted molar refractivity (Wildman–Crippen MR) is 137 cm³/mol. The molecule has 2 aliphatic rings. The first kappa shape index (κ1) is 25.7. The zero-order valence-electron chi connectivity index (χ0n) is 21.2. The zero-order valence-corrected chi connectivity index (χ0v) is 21.2. The second kappa shape index (κ2) is 10.7. The number of nitrogens with zero attached hydrogens (tertiary/aromatic N) is 1. The number of fused-ring (bicyclic) bond motifs is 3. The van der Waals surface area contributed by atoms with Gasteiger partial charge in [-0.1, -0.05) is 48.5 Å². The van der Waals surface area contributed by atoms with Crippen LogP contribution >= 0.6 is 0 Å². The number of amides is 2. The molecule has 1 atom stereocenters. The van der Waals surface area contributed by atoms with E-state index in [1.807, 2.05) is 45.0 Å². The number of rotatable bonds is 6. The highest BCUT2D eigenvalue weighted by Gasteiger charge is 2.32. The summed E-state index contributed by atoms with van der Waals surface area (Å²) in [5, 5.41) is 2.55. The Labute approximate surface area is 212 Å². The summed E-state index contributed by atoms with van der Waals surface area (Å²) in [6.45, 7) is 6.45. The van der Waals surface area contributed by atoms with Crippen LogP contribution in [0.4, 0.5) is 9.59 Å². The van der Waals surface area contributed by atoms with E-state index in [4.69, 9.17) is 15.2 Å². The molecule has 2 aromatic carbocycles. The number of nitrogens with one attached hydrogen (secondary N) is 1. The van der Waals surface area contributed by atoms with Crippen LogP contribution < -0.4 is 11.1 Å². The average Bonchev–Trinajstić information content (AvgIpc) is 3.18. The molecule has 8 nitrogen and oxygen atoms in total. The monoisotopic (exact) mass is 493 g/mol. The summed E-state index contributed by atoms with van der Waals surface area (Å²) >= 11 is 0. The minimum absolute atomic E-state index is 0.0451. The fraction of sp³-hybridized carbons (Fsp3) is 0.464. The van der Waals surface area contributed by atoms with Crippen molar-refractivity contribution in [1.29, 1.82) is 0 Å². The smallest absolute Gasteiger partial charge is 0.410 e. The van der Waals surface area contributed by atoms with Crippen molar-refractivity contribution in [2.24, 2.45) is 11.7 Å². The Bertz CT molecular complexity index is 1070. The van der Waals surface area contributed by atoms with Crippen LogP contribution in [0.5, 0.6) is 0 Å². The molecule has 8 heteroatoms. The second-order valence-corrected chi connectivity index (χ2v) is 10.5. The summed E-state index contributed by atoms with van der Waals surface area (Å²) in [4.78, 5) is 38.9. The molecule has 192 valence electrons. The van der Waals surface area contributed by atoms with E-state index in [-0.39, 0.29) is 36.9 Å². The quantitative estimate of drug-likeness (QED) is 0.628. The average molecular weight is 494 g/mol. The van der Waals surface area contributed by atoms with E-state index < -0.39 is 17.7 Å². The number of benzene rings is 2. The summed E-state index contributed by atoms with van der Waals surface area (Å²) in [5.41, 5.74) is 10.2. The van der Waals surface area contributed by atoms with Crippen LogP contribution in [0.2, 0.25) is 0 Å². The predicted octanol–water partition coefficient (Wildman–Crippen LogP) is 4.07. The number of Topliss-reactive ketones (excluding diaryl/α,β-unsaturated/α-hetero) is 1. The van der Waals surface area contributed by atoms with Crippen LogP contribution in [0.25, 0.3) is 11.1 Å². The first-order valence-electron chi connectivity index (χ1n) is 12.5. The number of nitrogens with two attached hydrogens (primary N) is 1. The standard InChI is InChI=1S/C28H35N3O5/c1-28(2,3)36-27(34)31-14-12-18(13-15-31)25(29)24(32)16-30-26(33)35-17-23-21-10-6-4-8-19(21)20-9-5-7-11-22(20)23/h4-11,18,23,25H,12-17,29H2,1-3H3,(H,30,33). The van der Waals surface area contributed by atoms with Gasteiger partial charge in [-0.15, -0.1) is 0 Å². The lowest BCUT2D eigenvalue weighted by Gasteiger charge is -2.35. The zero-order chi connectivity index (χ0) is 25.9. The van der Waals surface area contributed by atoms with Crippen LogP contribution in [0.1, 0.15) is 50.7 Å². The summed E-state index contributed by atoms with van der Waals surface area (Å²) in [6, 6.07) is 15.5. The highest BCUT2D eigenvalue weighted by atomic mass is 16.6. The van der Waals surface area contributed by atoms with Gasteiger partial charge in [-0.3, -0.25) is 4.79 Å². The molecule has 1 aliphatic carbocycles. The fourth-order valence-electron chi connectivity index (χ4n) is 4.96. The molecular formula is C28H35N3O5. The molecule has 36 heavy (non-hydrogen) atoms. The maximum Gasteiger partial charge on any atom is 0.410 e. The Morgan fingerprint density at radius 3 is 2.11 bits per heavy atom. The molecular weight excluding hydrogens is 458 g/mol. The lowest BCUT2D eigenvalue weighted by atomic mass is 9.87. The molecule has 1 saturated heterocycles. The molecule has 0 spiro atoms. The number of alkyl carbamates (subject to hydrolysis) is 1. The van der Waals surface area contributed by atoms with Gasteiger partial charge in [-0.25, -0.2) is 9.59 Å². The van der Waals surface area contributed by atoms with Crippen LogP contribution in [-0.2, 0) is 14.3 Å². The number of ether oxygens (including phenoxy) is 2. The summed E-state index contributed by atoms with van der Waals surface area (Å²) in [5.74, 6) is -0.351. The highest BCUT2D eigenvalue weighted by Crippen LogP contribution is 2.44. The van der Waals surface area contributed by atoms with Gasteiger partial charge in [0.1, 0.15) is 12.2 Å². The van der Waals surface area contributed by atoms with Gasteiger partial charge in [0.25, 0.3) is 0 Å². The molecule has 0 bridgehead atoms. The topological polar surface area (TPSA) is 111 Å².